The zero-order valence-electron chi connectivity index (χ0n) is 17.5. The maximum atomic E-state index is 9.65. The molecule has 0 aliphatic rings. The van der Waals surface area contributed by atoms with Crippen LogP contribution in [0.1, 0.15) is 29.2 Å². The monoisotopic (exact) mass is 424 g/mol. The predicted molar refractivity (Wildman–Crippen MR) is 125 cm³/mol. The van der Waals surface area contributed by atoms with Gasteiger partial charge in [-0.05, 0) is 55.2 Å². The zero-order chi connectivity index (χ0) is 21.5. The Morgan fingerprint density at radius 1 is 1.10 bits per heavy atom. The normalized spacial score (nSPS) is 11.2. The summed E-state index contributed by atoms with van der Waals surface area (Å²) < 4.78 is 2.79. The van der Waals surface area contributed by atoms with Crippen molar-refractivity contribution in [2.24, 2.45) is 0 Å². The van der Waals surface area contributed by atoms with Gasteiger partial charge in [-0.1, -0.05) is 42.5 Å². The van der Waals surface area contributed by atoms with Gasteiger partial charge in [-0.3, -0.25) is 0 Å². The Morgan fingerprint density at radius 2 is 1.97 bits per heavy atom. The van der Waals surface area contributed by atoms with Crippen LogP contribution < -0.4 is 5.32 Å². The highest BCUT2D eigenvalue weighted by Gasteiger charge is 2.17. The highest BCUT2D eigenvalue weighted by atomic mass is 32.1. The van der Waals surface area contributed by atoms with E-state index in [4.69, 9.17) is 9.97 Å². The number of aryl methyl sites for hydroxylation is 3. The number of nitrogens with one attached hydrogen (secondary N) is 1. The van der Waals surface area contributed by atoms with E-state index in [0.29, 0.717) is 17.2 Å². The molecule has 3 aromatic heterocycles. The van der Waals surface area contributed by atoms with E-state index < -0.39 is 0 Å². The summed E-state index contributed by atoms with van der Waals surface area (Å²) in [7, 11) is 0. The average Bonchev–Trinajstić information content (AvgIpc) is 3.37. The fourth-order valence-corrected chi connectivity index (χ4v) is 4.65. The quantitative estimate of drug-likeness (QED) is 0.393. The Morgan fingerprint density at radius 3 is 2.77 bits per heavy atom. The molecule has 0 bridgehead atoms. The number of benzene rings is 2. The van der Waals surface area contributed by atoms with Crippen LogP contribution in [0.4, 0.5) is 10.9 Å². The minimum absolute atomic E-state index is 0.442. The van der Waals surface area contributed by atoms with Gasteiger partial charge in [0, 0.05) is 5.39 Å². The van der Waals surface area contributed by atoms with Crippen molar-refractivity contribution < 1.29 is 0 Å². The fraction of sp³-hybridized carbons (Fsp3) is 0.167. The van der Waals surface area contributed by atoms with Crippen molar-refractivity contribution in [2.75, 3.05) is 5.32 Å². The van der Waals surface area contributed by atoms with E-state index in [9.17, 15) is 5.26 Å². The Labute approximate surface area is 183 Å². The van der Waals surface area contributed by atoms with Crippen LogP contribution >= 0.6 is 11.3 Å². The maximum absolute atomic E-state index is 9.65. The summed E-state index contributed by atoms with van der Waals surface area (Å²) >= 11 is 1.56. The first-order valence-electron chi connectivity index (χ1n) is 10.1. The van der Waals surface area contributed by atoms with E-state index >= 15 is 0 Å². The van der Waals surface area contributed by atoms with Crippen molar-refractivity contribution in [3.63, 3.8) is 0 Å². The highest BCUT2D eigenvalue weighted by Crippen LogP contribution is 2.32. The summed E-state index contributed by atoms with van der Waals surface area (Å²) in [4.78, 5) is 9.55. The van der Waals surface area contributed by atoms with Gasteiger partial charge < -0.3 is 5.32 Å². The molecule has 0 atom stereocenters. The second-order valence-corrected chi connectivity index (χ2v) is 8.53. The standard InChI is InChI=1S/C24H20N6S/c1-4-16-8-9-19-20(11-16)31-24(27-19)29-23-17(12-25)13-26-30(23)21-10-15(3)18-7-5-6-14(2)22(18)28-21/h5-11,13H,4H2,1-3H3,(H,27,29). The number of hydrogen-bond donors (Lipinski definition) is 1. The van der Waals surface area contributed by atoms with Crippen LogP contribution in [0, 0.1) is 25.2 Å². The van der Waals surface area contributed by atoms with Gasteiger partial charge in [0.1, 0.15) is 11.6 Å². The Hall–Kier alpha value is -3.76. The summed E-state index contributed by atoms with van der Waals surface area (Å²) in [6, 6.07) is 16.7. The molecule has 0 radical (unpaired) electrons. The Kier molecular flexibility index (Phi) is 4.64. The molecule has 31 heavy (non-hydrogen) atoms. The molecule has 0 saturated heterocycles. The van der Waals surface area contributed by atoms with Crippen LogP contribution in [0.3, 0.4) is 0 Å². The lowest BCUT2D eigenvalue weighted by molar-refractivity contribution is 0.858. The molecule has 0 amide bonds. The number of rotatable bonds is 4. The third kappa shape index (κ3) is 3.31. The van der Waals surface area contributed by atoms with Gasteiger partial charge in [-0.25, -0.2) is 9.97 Å². The molecule has 5 aromatic rings. The minimum Gasteiger partial charge on any atom is -0.315 e. The van der Waals surface area contributed by atoms with Crippen molar-refractivity contribution in [2.45, 2.75) is 27.2 Å². The van der Waals surface area contributed by atoms with Crippen molar-refractivity contribution in [1.82, 2.24) is 19.7 Å². The Bertz CT molecular complexity index is 1490. The largest absolute Gasteiger partial charge is 0.315 e. The van der Waals surface area contributed by atoms with E-state index in [1.807, 2.05) is 31.2 Å². The summed E-state index contributed by atoms with van der Waals surface area (Å²) in [5.74, 6) is 1.23. The average molecular weight is 425 g/mol. The number of anilines is 2. The summed E-state index contributed by atoms with van der Waals surface area (Å²) in [6.07, 6.45) is 2.54. The molecular formula is C24H20N6S. The van der Waals surface area contributed by atoms with Crippen molar-refractivity contribution in [3.8, 4) is 11.9 Å². The number of nitriles is 1. The van der Waals surface area contributed by atoms with Crippen molar-refractivity contribution in [1.29, 1.82) is 5.26 Å². The van der Waals surface area contributed by atoms with Crippen LogP contribution in [-0.2, 0) is 6.42 Å². The van der Waals surface area contributed by atoms with E-state index in [2.05, 4.69) is 48.5 Å². The smallest absolute Gasteiger partial charge is 0.189 e. The first kappa shape index (κ1) is 19.2. The van der Waals surface area contributed by atoms with E-state index in [0.717, 1.165) is 43.8 Å². The Balaban J connectivity index is 1.62. The first-order chi connectivity index (χ1) is 15.1. The molecule has 3 heterocycles. The third-order valence-electron chi connectivity index (χ3n) is 5.43. The van der Waals surface area contributed by atoms with Crippen LogP contribution in [0.15, 0.2) is 48.7 Å². The molecule has 2 aromatic carbocycles. The number of hydrogen-bond acceptors (Lipinski definition) is 6. The number of fused-ring (bicyclic) bond motifs is 2. The van der Waals surface area contributed by atoms with Gasteiger partial charge >= 0.3 is 0 Å². The van der Waals surface area contributed by atoms with Gasteiger partial charge in [0.05, 0.1) is 21.9 Å². The second-order valence-electron chi connectivity index (χ2n) is 7.50. The van der Waals surface area contributed by atoms with Crippen LogP contribution in [0.2, 0.25) is 0 Å². The molecule has 1 N–H and O–H groups in total. The molecule has 7 heteroatoms. The SMILES string of the molecule is CCc1ccc2nc(Nc3c(C#N)cnn3-c3cc(C)c4cccc(C)c4n3)sc2c1. The summed E-state index contributed by atoms with van der Waals surface area (Å²) in [6.45, 7) is 6.25. The lowest BCUT2D eigenvalue weighted by atomic mass is 10.1. The third-order valence-corrected chi connectivity index (χ3v) is 6.36. The van der Waals surface area contributed by atoms with Crippen LogP contribution in [-0.4, -0.2) is 19.7 Å². The van der Waals surface area contributed by atoms with E-state index in [-0.39, 0.29) is 0 Å². The summed E-state index contributed by atoms with van der Waals surface area (Å²) in [5, 5.41) is 19.3. The number of thiazole rings is 1. The molecule has 0 spiro atoms. The topological polar surface area (TPSA) is 79.4 Å². The van der Waals surface area contributed by atoms with Gasteiger partial charge in [0.2, 0.25) is 0 Å². The molecule has 0 fully saturated rings. The lowest BCUT2D eigenvalue weighted by Gasteiger charge is -2.11. The van der Waals surface area contributed by atoms with Gasteiger partial charge in [-0.2, -0.15) is 15.0 Å². The first-order valence-corrected chi connectivity index (χ1v) is 10.9. The van der Waals surface area contributed by atoms with Crippen molar-refractivity contribution in [3.05, 3.63) is 70.9 Å². The van der Waals surface area contributed by atoms with Gasteiger partial charge in [0.15, 0.2) is 16.8 Å². The number of para-hydroxylation sites is 1. The lowest BCUT2D eigenvalue weighted by Crippen LogP contribution is -2.06. The van der Waals surface area contributed by atoms with Crippen molar-refractivity contribution >= 4 is 43.4 Å². The molecule has 0 unspecified atom stereocenters. The molecule has 5 rings (SSSR count). The number of pyridine rings is 1. The zero-order valence-corrected chi connectivity index (χ0v) is 18.3. The molecular weight excluding hydrogens is 404 g/mol. The molecule has 0 saturated carbocycles. The molecule has 152 valence electrons. The number of nitrogens with zero attached hydrogens (tertiary/aromatic N) is 5. The predicted octanol–water partition coefficient (Wildman–Crippen LogP) is 5.82. The maximum Gasteiger partial charge on any atom is 0.189 e. The minimum atomic E-state index is 0.442. The van der Waals surface area contributed by atoms with Crippen LogP contribution in [0.5, 0.6) is 0 Å². The molecule has 0 aliphatic carbocycles. The van der Waals surface area contributed by atoms with Gasteiger partial charge in [-0.15, -0.1) is 0 Å². The molecule has 0 aliphatic heterocycles. The van der Waals surface area contributed by atoms with Gasteiger partial charge in [0.25, 0.3) is 0 Å². The van der Waals surface area contributed by atoms with E-state index in [1.165, 1.54) is 5.56 Å². The second kappa shape index (κ2) is 7.49. The fourth-order valence-electron chi connectivity index (χ4n) is 3.72. The number of aromatic nitrogens is 4. The van der Waals surface area contributed by atoms with E-state index in [1.54, 1.807) is 22.2 Å². The molecule has 6 nitrogen and oxygen atoms in total. The summed E-state index contributed by atoms with van der Waals surface area (Å²) in [5.41, 5.74) is 5.79. The van der Waals surface area contributed by atoms with Crippen LogP contribution in [0.25, 0.3) is 26.9 Å². The highest BCUT2D eigenvalue weighted by molar-refractivity contribution is 7.22.